The van der Waals surface area contributed by atoms with Crippen molar-refractivity contribution in [3.63, 3.8) is 0 Å². The Balaban J connectivity index is 2.28. The van der Waals surface area contributed by atoms with E-state index in [1.54, 1.807) is 11.4 Å². The predicted octanol–water partition coefficient (Wildman–Crippen LogP) is 4.01. The highest BCUT2D eigenvalue weighted by Crippen LogP contribution is 2.25. The topological polar surface area (TPSA) is 66.4 Å². The van der Waals surface area contributed by atoms with Crippen LogP contribution in [-0.4, -0.2) is 17.0 Å². The number of hydrogen-bond acceptors (Lipinski definition) is 3. The number of carbonyl (C=O) groups is 2. The van der Waals surface area contributed by atoms with Gasteiger partial charge in [0.25, 0.3) is 5.91 Å². The molecule has 0 saturated heterocycles. The molecule has 2 N–H and O–H groups in total. The molecule has 1 aromatic heterocycles. The van der Waals surface area contributed by atoms with E-state index in [0.29, 0.717) is 5.02 Å². The summed E-state index contributed by atoms with van der Waals surface area (Å²) in [4.78, 5) is 23.0. The van der Waals surface area contributed by atoms with Crippen LogP contribution in [0.4, 0.5) is 5.69 Å². The Bertz CT molecular complexity index is 654. The minimum atomic E-state index is -1.09. The standard InChI is InChI=1S/C12H7Cl2NO3S/c13-6-1-2-8(14)7(5-6)11(16)15-9-3-4-19-10(9)12(17)18/h1-5H,(H,15,16)(H,17,18). The van der Waals surface area contributed by atoms with Crippen molar-refractivity contribution in [2.24, 2.45) is 0 Å². The molecule has 0 aliphatic rings. The van der Waals surface area contributed by atoms with E-state index < -0.39 is 11.9 Å². The number of carbonyl (C=O) groups excluding carboxylic acids is 1. The number of anilines is 1. The second-order valence-electron chi connectivity index (χ2n) is 3.55. The van der Waals surface area contributed by atoms with Gasteiger partial charge < -0.3 is 10.4 Å². The summed E-state index contributed by atoms with van der Waals surface area (Å²) in [5.41, 5.74) is 0.426. The number of amides is 1. The van der Waals surface area contributed by atoms with Crippen molar-refractivity contribution in [2.45, 2.75) is 0 Å². The minimum Gasteiger partial charge on any atom is -0.477 e. The maximum absolute atomic E-state index is 12.0. The molecule has 0 bridgehead atoms. The zero-order valence-corrected chi connectivity index (χ0v) is 11.6. The van der Waals surface area contributed by atoms with E-state index in [1.165, 1.54) is 18.2 Å². The van der Waals surface area contributed by atoms with E-state index in [1.807, 2.05) is 0 Å². The van der Waals surface area contributed by atoms with Crippen LogP contribution in [0.5, 0.6) is 0 Å². The van der Waals surface area contributed by atoms with Crippen molar-refractivity contribution < 1.29 is 14.7 Å². The Morgan fingerprint density at radius 2 is 1.95 bits per heavy atom. The third-order valence-electron chi connectivity index (χ3n) is 2.28. The average Bonchev–Trinajstić information content (AvgIpc) is 2.80. The predicted molar refractivity (Wildman–Crippen MR) is 75.7 cm³/mol. The lowest BCUT2D eigenvalue weighted by Gasteiger charge is -2.06. The van der Waals surface area contributed by atoms with Crippen LogP contribution in [0.25, 0.3) is 0 Å². The summed E-state index contributed by atoms with van der Waals surface area (Å²) in [6.45, 7) is 0. The largest absolute Gasteiger partial charge is 0.477 e. The lowest BCUT2D eigenvalue weighted by molar-refractivity contribution is 0.0703. The number of hydrogen-bond donors (Lipinski definition) is 2. The van der Waals surface area contributed by atoms with Crippen LogP contribution in [-0.2, 0) is 0 Å². The van der Waals surface area contributed by atoms with Gasteiger partial charge in [0.15, 0.2) is 0 Å². The van der Waals surface area contributed by atoms with E-state index in [2.05, 4.69) is 5.32 Å². The molecule has 0 saturated carbocycles. The molecule has 4 nitrogen and oxygen atoms in total. The van der Waals surface area contributed by atoms with E-state index >= 15 is 0 Å². The number of aromatic carboxylic acids is 1. The Morgan fingerprint density at radius 3 is 2.63 bits per heavy atom. The number of nitrogens with one attached hydrogen (secondary N) is 1. The normalized spacial score (nSPS) is 10.2. The lowest BCUT2D eigenvalue weighted by atomic mass is 10.2. The van der Waals surface area contributed by atoms with E-state index in [4.69, 9.17) is 28.3 Å². The molecule has 0 aliphatic heterocycles. The Hall–Kier alpha value is -1.56. The fourth-order valence-corrected chi connectivity index (χ4v) is 2.50. The second-order valence-corrected chi connectivity index (χ2v) is 5.31. The minimum absolute atomic E-state index is 0.0616. The van der Waals surface area contributed by atoms with Crippen LogP contribution in [0.1, 0.15) is 20.0 Å². The Morgan fingerprint density at radius 1 is 1.21 bits per heavy atom. The van der Waals surface area contributed by atoms with Gasteiger partial charge in [0.1, 0.15) is 4.88 Å². The molecule has 98 valence electrons. The Kier molecular flexibility index (Phi) is 4.09. The van der Waals surface area contributed by atoms with Crippen LogP contribution < -0.4 is 5.32 Å². The maximum atomic E-state index is 12.0. The molecule has 7 heteroatoms. The first-order valence-electron chi connectivity index (χ1n) is 5.06. The van der Waals surface area contributed by atoms with Gasteiger partial charge >= 0.3 is 5.97 Å². The molecule has 1 amide bonds. The van der Waals surface area contributed by atoms with Crippen LogP contribution in [0.15, 0.2) is 29.6 Å². The van der Waals surface area contributed by atoms with Gasteiger partial charge in [-0.05, 0) is 29.6 Å². The van der Waals surface area contributed by atoms with Gasteiger partial charge in [-0.1, -0.05) is 23.2 Å². The van der Waals surface area contributed by atoms with E-state index in [9.17, 15) is 9.59 Å². The summed E-state index contributed by atoms with van der Waals surface area (Å²) < 4.78 is 0. The van der Waals surface area contributed by atoms with Gasteiger partial charge in [-0.2, -0.15) is 0 Å². The van der Waals surface area contributed by atoms with Crippen molar-refractivity contribution in [1.29, 1.82) is 0 Å². The summed E-state index contributed by atoms with van der Waals surface area (Å²) in [5.74, 6) is -1.60. The van der Waals surface area contributed by atoms with Gasteiger partial charge in [0.2, 0.25) is 0 Å². The van der Waals surface area contributed by atoms with Crippen molar-refractivity contribution in [2.75, 3.05) is 5.32 Å². The van der Waals surface area contributed by atoms with E-state index in [0.717, 1.165) is 11.3 Å². The zero-order valence-electron chi connectivity index (χ0n) is 9.31. The van der Waals surface area contributed by atoms with E-state index in [-0.39, 0.29) is 21.2 Å². The molecule has 2 aromatic rings. The third-order valence-corrected chi connectivity index (χ3v) is 3.75. The third kappa shape index (κ3) is 3.07. The highest BCUT2D eigenvalue weighted by Gasteiger charge is 2.16. The number of thiophene rings is 1. The van der Waals surface area contributed by atoms with Crippen LogP contribution >= 0.6 is 34.5 Å². The first kappa shape index (κ1) is 13.9. The molecular formula is C12H7Cl2NO3S. The first-order chi connectivity index (χ1) is 8.99. The molecule has 0 radical (unpaired) electrons. The molecule has 0 aliphatic carbocycles. The zero-order chi connectivity index (χ0) is 14.0. The fraction of sp³-hybridized carbons (Fsp3) is 0. The number of benzene rings is 1. The molecule has 0 spiro atoms. The molecular weight excluding hydrogens is 309 g/mol. The second kappa shape index (κ2) is 5.61. The van der Waals surface area contributed by atoms with Crippen LogP contribution in [0, 0.1) is 0 Å². The first-order valence-corrected chi connectivity index (χ1v) is 6.70. The molecule has 1 aromatic carbocycles. The van der Waals surface area contributed by atoms with Crippen LogP contribution in [0.2, 0.25) is 10.0 Å². The van der Waals surface area contributed by atoms with Gasteiger partial charge in [-0.25, -0.2) is 4.79 Å². The van der Waals surface area contributed by atoms with Gasteiger partial charge in [-0.3, -0.25) is 4.79 Å². The lowest BCUT2D eigenvalue weighted by Crippen LogP contribution is -2.14. The molecule has 19 heavy (non-hydrogen) atoms. The fourth-order valence-electron chi connectivity index (χ4n) is 1.43. The van der Waals surface area contributed by atoms with Crippen LogP contribution in [0.3, 0.4) is 0 Å². The van der Waals surface area contributed by atoms with Gasteiger partial charge in [0.05, 0.1) is 16.3 Å². The SMILES string of the molecule is O=C(Nc1ccsc1C(=O)O)c1cc(Cl)ccc1Cl. The molecule has 2 rings (SSSR count). The molecule has 0 unspecified atom stereocenters. The summed E-state index contributed by atoms with van der Waals surface area (Å²) in [7, 11) is 0. The van der Waals surface area contributed by atoms with Gasteiger partial charge in [0, 0.05) is 5.02 Å². The highest BCUT2D eigenvalue weighted by atomic mass is 35.5. The van der Waals surface area contributed by atoms with Crippen molar-refractivity contribution in [3.05, 3.63) is 50.1 Å². The summed E-state index contributed by atoms with van der Waals surface area (Å²) in [5, 5.41) is 13.7. The summed E-state index contributed by atoms with van der Waals surface area (Å²) >= 11 is 12.7. The smallest absolute Gasteiger partial charge is 0.348 e. The quantitative estimate of drug-likeness (QED) is 0.899. The van der Waals surface area contributed by atoms with Crippen molar-refractivity contribution >= 4 is 52.1 Å². The molecule has 0 atom stereocenters. The molecule has 0 fully saturated rings. The van der Waals surface area contributed by atoms with Gasteiger partial charge in [-0.15, -0.1) is 11.3 Å². The Labute approximate surface area is 122 Å². The summed E-state index contributed by atoms with van der Waals surface area (Å²) in [6, 6.07) is 6.01. The average molecular weight is 316 g/mol. The molecule has 1 heterocycles. The highest BCUT2D eigenvalue weighted by molar-refractivity contribution is 7.12. The maximum Gasteiger partial charge on any atom is 0.348 e. The number of halogens is 2. The monoisotopic (exact) mass is 315 g/mol. The van der Waals surface area contributed by atoms with Crippen molar-refractivity contribution in [3.8, 4) is 0 Å². The number of rotatable bonds is 3. The van der Waals surface area contributed by atoms with Crippen molar-refractivity contribution in [1.82, 2.24) is 0 Å². The number of carboxylic acid groups (broad SMARTS) is 1. The number of carboxylic acids is 1. The summed E-state index contributed by atoms with van der Waals surface area (Å²) in [6.07, 6.45) is 0.